The van der Waals surface area contributed by atoms with Gasteiger partial charge in [-0.1, -0.05) is 54.6 Å². The van der Waals surface area contributed by atoms with E-state index in [1.807, 2.05) is 19.1 Å². The Kier molecular flexibility index (Phi) is 6.92. The summed E-state index contributed by atoms with van der Waals surface area (Å²) in [5.41, 5.74) is 4.85. The van der Waals surface area contributed by atoms with Crippen molar-refractivity contribution in [2.24, 2.45) is 0 Å². The summed E-state index contributed by atoms with van der Waals surface area (Å²) in [6, 6.07) is 25.3. The van der Waals surface area contributed by atoms with Crippen molar-refractivity contribution in [1.29, 1.82) is 0 Å². The average molecular weight is 474 g/mol. The van der Waals surface area contributed by atoms with Gasteiger partial charge in [-0.3, -0.25) is 9.80 Å². The van der Waals surface area contributed by atoms with Crippen LogP contribution >= 0.6 is 11.3 Å². The van der Waals surface area contributed by atoms with E-state index in [9.17, 15) is 5.11 Å². The van der Waals surface area contributed by atoms with Crippen molar-refractivity contribution >= 4 is 21.6 Å². The van der Waals surface area contributed by atoms with Gasteiger partial charge in [-0.05, 0) is 42.7 Å². The lowest BCUT2D eigenvalue weighted by atomic mass is 9.99. The molecule has 3 aromatic carbocycles. The van der Waals surface area contributed by atoms with Crippen LogP contribution < -0.4 is 4.74 Å². The highest BCUT2D eigenvalue weighted by molar-refractivity contribution is 7.18. The van der Waals surface area contributed by atoms with Crippen molar-refractivity contribution in [3.63, 3.8) is 0 Å². The van der Waals surface area contributed by atoms with E-state index in [4.69, 9.17) is 4.74 Å². The molecule has 0 amide bonds. The largest absolute Gasteiger partial charge is 0.472 e. The number of piperazine rings is 1. The maximum absolute atomic E-state index is 10.5. The highest BCUT2D eigenvalue weighted by Gasteiger charge is 2.29. The van der Waals surface area contributed by atoms with Crippen molar-refractivity contribution in [1.82, 2.24) is 14.8 Å². The third kappa shape index (κ3) is 5.15. The van der Waals surface area contributed by atoms with Crippen LogP contribution in [-0.2, 0) is 6.54 Å². The smallest absolute Gasteiger partial charge is 0.178 e. The lowest BCUT2D eigenvalue weighted by Gasteiger charge is -2.40. The molecule has 0 bridgehead atoms. The van der Waals surface area contributed by atoms with Gasteiger partial charge in [0.15, 0.2) is 6.23 Å². The van der Waals surface area contributed by atoms with Crippen LogP contribution in [0.1, 0.15) is 17.5 Å². The molecule has 1 unspecified atom stereocenters. The standard InChI is InChI=1S/C28H31N3O2S/c1-20(32)28(33-24-12-13-27-26(18-24)29-21(2)34-27)31-16-14-30(15-17-31)19-23-10-6-7-11-25(23)22-8-4-3-5-9-22/h3-13,18,20,28,32H,14-17,19H2,1-2H3/t20-,28?/m0/s1. The molecule has 5 nitrogen and oxygen atoms in total. The molecule has 1 aromatic heterocycles. The van der Waals surface area contributed by atoms with Crippen LogP contribution in [0, 0.1) is 6.92 Å². The summed E-state index contributed by atoms with van der Waals surface area (Å²) in [5, 5.41) is 11.6. The number of aromatic nitrogens is 1. The molecule has 0 spiro atoms. The average Bonchev–Trinajstić information content (AvgIpc) is 3.23. The van der Waals surface area contributed by atoms with Gasteiger partial charge in [-0.15, -0.1) is 11.3 Å². The number of rotatable bonds is 7. The van der Waals surface area contributed by atoms with Crippen molar-refractivity contribution in [3.05, 3.63) is 83.4 Å². The minimum absolute atomic E-state index is 0.379. The van der Waals surface area contributed by atoms with E-state index in [0.717, 1.165) is 53.7 Å². The molecule has 0 radical (unpaired) electrons. The van der Waals surface area contributed by atoms with Gasteiger partial charge in [0.2, 0.25) is 0 Å². The van der Waals surface area contributed by atoms with E-state index in [1.165, 1.54) is 16.7 Å². The zero-order valence-corrected chi connectivity index (χ0v) is 20.5. The number of hydrogen-bond acceptors (Lipinski definition) is 6. The molecule has 34 heavy (non-hydrogen) atoms. The van der Waals surface area contributed by atoms with E-state index < -0.39 is 6.10 Å². The number of aliphatic hydroxyl groups excluding tert-OH is 1. The Balaban J connectivity index is 1.24. The van der Waals surface area contributed by atoms with E-state index in [1.54, 1.807) is 18.3 Å². The van der Waals surface area contributed by atoms with E-state index >= 15 is 0 Å². The van der Waals surface area contributed by atoms with Gasteiger partial charge >= 0.3 is 0 Å². The van der Waals surface area contributed by atoms with Crippen molar-refractivity contribution in [2.45, 2.75) is 32.7 Å². The molecule has 0 saturated carbocycles. The Morgan fingerprint density at radius 3 is 2.47 bits per heavy atom. The molecular weight excluding hydrogens is 442 g/mol. The molecule has 2 heterocycles. The number of aryl methyl sites for hydroxylation is 1. The summed E-state index contributed by atoms with van der Waals surface area (Å²) in [5.74, 6) is 0.753. The third-order valence-electron chi connectivity index (χ3n) is 6.40. The van der Waals surface area contributed by atoms with E-state index in [-0.39, 0.29) is 6.23 Å². The third-order valence-corrected chi connectivity index (χ3v) is 7.35. The van der Waals surface area contributed by atoms with Crippen LogP contribution in [0.2, 0.25) is 0 Å². The van der Waals surface area contributed by atoms with Gasteiger partial charge in [0, 0.05) is 38.8 Å². The first-order chi connectivity index (χ1) is 16.6. The molecule has 4 aromatic rings. The second-order valence-corrected chi connectivity index (χ2v) is 10.2. The summed E-state index contributed by atoms with van der Waals surface area (Å²) in [7, 11) is 0. The summed E-state index contributed by atoms with van der Waals surface area (Å²) >= 11 is 1.68. The van der Waals surface area contributed by atoms with Crippen LogP contribution in [0.15, 0.2) is 72.8 Å². The zero-order valence-electron chi connectivity index (χ0n) is 19.7. The van der Waals surface area contributed by atoms with Crippen molar-refractivity contribution in [3.8, 4) is 16.9 Å². The summed E-state index contributed by atoms with van der Waals surface area (Å²) in [6.45, 7) is 8.29. The van der Waals surface area contributed by atoms with Crippen LogP contribution in [0.4, 0.5) is 0 Å². The first-order valence-corrected chi connectivity index (χ1v) is 12.7. The van der Waals surface area contributed by atoms with Crippen LogP contribution in [-0.4, -0.2) is 58.4 Å². The molecule has 2 atom stereocenters. The molecule has 1 fully saturated rings. The van der Waals surface area contributed by atoms with E-state index in [0.29, 0.717) is 0 Å². The Morgan fingerprint density at radius 1 is 0.971 bits per heavy atom. The molecule has 6 heteroatoms. The minimum Gasteiger partial charge on any atom is -0.472 e. The summed E-state index contributed by atoms with van der Waals surface area (Å²) in [6.07, 6.45) is -0.978. The predicted octanol–water partition coefficient (Wildman–Crippen LogP) is 5.18. The zero-order chi connectivity index (χ0) is 23.5. The van der Waals surface area contributed by atoms with Crippen LogP contribution in [0.5, 0.6) is 5.75 Å². The number of benzene rings is 3. The molecule has 1 N–H and O–H groups in total. The molecule has 0 aliphatic carbocycles. The number of hydrogen-bond donors (Lipinski definition) is 1. The molecular formula is C28H31N3O2S. The maximum Gasteiger partial charge on any atom is 0.178 e. The fraction of sp³-hybridized carbons (Fsp3) is 0.321. The van der Waals surface area contributed by atoms with Crippen LogP contribution in [0.25, 0.3) is 21.3 Å². The Labute approximate surface area is 205 Å². The Morgan fingerprint density at radius 2 is 1.71 bits per heavy atom. The van der Waals surface area contributed by atoms with Crippen molar-refractivity contribution in [2.75, 3.05) is 26.2 Å². The Hall–Kier alpha value is -2.77. The molecule has 176 valence electrons. The topological polar surface area (TPSA) is 48.8 Å². The molecule has 1 aliphatic heterocycles. The molecule has 5 rings (SSSR count). The van der Waals surface area contributed by atoms with Crippen molar-refractivity contribution < 1.29 is 9.84 Å². The number of thiazole rings is 1. The number of aliphatic hydroxyl groups is 1. The van der Waals surface area contributed by atoms with Gasteiger partial charge in [0.05, 0.1) is 15.2 Å². The second kappa shape index (κ2) is 10.2. The number of fused-ring (bicyclic) bond motifs is 1. The van der Waals surface area contributed by atoms with Crippen LogP contribution in [0.3, 0.4) is 0 Å². The molecule has 1 aliphatic rings. The number of ether oxygens (including phenoxy) is 1. The summed E-state index contributed by atoms with van der Waals surface area (Å²) < 4.78 is 7.44. The van der Waals surface area contributed by atoms with Gasteiger partial charge in [-0.2, -0.15) is 0 Å². The lowest BCUT2D eigenvalue weighted by Crippen LogP contribution is -2.55. The maximum atomic E-state index is 10.5. The minimum atomic E-state index is -0.599. The normalized spacial score (nSPS) is 17.0. The van der Waals surface area contributed by atoms with Gasteiger partial charge in [0.1, 0.15) is 11.9 Å². The first-order valence-electron chi connectivity index (χ1n) is 11.9. The van der Waals surface area contributed by atoms with E-state index in [2.05, 4.69) is 75.4 Å². The fourth-order valence-electron chi connectivity index (χ4n) is 4.69. The summed E-state index contributed by atoms with van der Waals surface area (Å²) in [4.78, 5) is 9.31. The van der Waals surface area contributed by atoms with Gasteiger partial charge in [0.25, 0.3) is 0 Å². The van der Waals surface area contributed by atoms with Gasteiger partial charge in [-0.25, -0.2) is 4.98 Å². The monoisotopic (exact) mass is 473 g/mol. The quantitative estimate of drug-likeness (QED) is 0.401. The Bertz CT molecular complexity index is 1230. The highest BCUT2D eigenvalue weighted by Crippen LogP contribution is 2.28. The second-order valence-electron chi connectivity index (χ2n) is 8.95. The number of nitrogens with zero attached hydrogens (tertiary/aromatic N) is 3. The van der Waals surface area contributed by atoms with Gasteiger partial charge < -0.3 is 9.84 Å². The fourth-order valence-corrected chi connectivity index (χ4v) is 5.50. The molecule has 1 saturated heterocycles. The highest BCUT2D eigenvalue weighted by atomic mass is 32.1. The lowest BCUT2D eigenvalue weighted by molar-refractivity contribution is -0.0751. The SMILES string of the molecule is Cc1nc2cc(OC([C@H](C)O)N3CCN(Cc4ccccc4-c4ccccc4)CC3)ccc2s1. The predicted molar refractivity (Wildman–Crippen MR) is 139 cm³/mol. The first kappa shape index (κ1) is 23.0.